The third-order valence-electron chi connectivity index (χ3n) is 4.35. The van der Waals surface area contributed by atoms with Crippen LogP contribution in [0.4, 0.5) is 0 Å². The topological polar surface area (TPSA) is 97.0 Å². The minimum absolute atomic E-state index is 0.0355. The maximum absolute atomic E-state index is 12.5. The number of nitrogens with one attached hydrogen (secondary N) is 3. The number of carbonyl (C=O) groups is 1. The van der Waals surface area contributed by atoms with E-state index in [9.17, 15) is 4.79 Å². The number of aryl methyl sites for hydroxylation is 2. The summed E-state index contributed by atoms with van der Waals surface area (Å²) in [6.07, 6.45) is 4.93. The molecule has 24 heavy (non-hydrogen) atoms. The van der Waals surface area contributed by atoms with Crippen LogP contribution in [0.1, 0.15) is 30.3 Å². The number of imidazole rings is 1. The van der Waals surface area contributed by atoms with E-state index in [1.165, 1.54) is 0 Å². The van der Waals surface area contributed by atoms with Crippen LogP contribution in [0.15, 0.2) is 42.7 Å². The number of hydrogen-bond acceptors (Lipinski definition) is 5. The molecule has 1 aromatic carbocycles. The summed E-state index contributed by atoms with van der Waals surface area (Å²) >= 11 is 0. The van der Waals surface area contributed by atoms with E-state index in [0.29, 0.717) is 6.42 Å². The molecule has 2 aromatic rings. The highest BCUT2D eigenvalue weighted by molar-refractivity contribution is 5.82. The minimum atomic E-state index is -0.304. The predicted octanol–water partition coefficient (Wildman–Crippen LogP) is 0.590. The van der Waals surface area contributed by atoms with Crippen molar-refractivity contribution in [1.29, 1.82) is 0 Å². The zero-order valence-electron chi connectivity index (χ0n) is 13.8. The summed E-state index contributed by atoms with van der Waals surface area (Å²) < 4.78 is 2.09. The van der Waals surface area contributed by atoms with Gasteiger partial charge in [-0.3, -0.25) is 4.79 Å². The number of amides is 1. The summed E-state index contributed by atoms with van der Waals surface area (Å²) in [5.74, 6) is 0.937. The first-order valence-corrected chi connectivity index (χ1v) is 8.23. The molecule has 0 radical (unpaired) electrons. The fourth-order valence-electron chi connectivity index (χ4n) is 2.94. The van der Waals surface area contributed by atoms with Gasteiger partial charge >= 0.3 is 0 Å². The van der Waals surface area contributed by atoms with Crippen molar-refractivity contribution < 1.29 is 4.79 Å². The normalized spacial score (nSPS) is 21.6. The van der Waals surface area contributed by atoms with Crippen LogP contribution in [0.3, 0.4) is 0 Å². The van der Waals surface area contributed by atoms with Gasteiger partial charge in [0.2, 0.25) is 5.91 Å². The number of nitrogens with two attached hydrogens (primary N) is 1. The highest BCUT2D eigenvalue weighted by Gasteiger charge is 2.28. The average molecular weight is 328 g/mol. The smallest absolute Gasteiger partial charge is 0.239 e. The lowest BCUT2D eigenvalue weighted by molar-refractivity contribution is -0.123. The van der Waals surface area contributed by atoms with Gasteiger partial charge in [-0.1, -0.05) is 30.3 Å². The van der Waals surface area contributed by atoms with Gasteiger partial charge in [0.1, 0.15) is 11.9 Å². The van der Waals surface area contributed by atoms with Crippen LogP contribution < -0.4 is 21.9 Å². The molecule has 1 fully saturated rings. The van der Waals surface area contributed by atoms with Crippen molar-refractivity contribution in [3.8, 4) is 0 Å². The van der Waals surface area contributed by atoms with E-state index in [2.05, 4.69) is 25.7 Å². The monoisotopic (exact) mass is 328 g/mol. The number of hydrogen-bond donors (Lipinski definition) is 4. The Kier molecular flexibility index (Phi) is 5.24. The molecule has 7 nitrogen and oxygen atoms in total. The Labute approximate surface area is 141 Å². The second-order valence-corrected chi connectivity index (χ2v) is 6.11. The molecule has 2 heterocycles. The van der Waals surface area contributed by atoms with Crippen LogP contribution in [0.5, 0.6) is 0 Å². The fourth-order valence-corrected chi connectivity index (χ4v) is 2.94. The van der Waals surface area contributed by atoms with E-state index >= 15 is 0 Å². The number of benzene rings is 1. The molecule has 3 unspecified atom stereocenters. The highest BCUT2D eigenvalue weighted by Crippen LogP contribution is 2.18. The quantitative estimate of drug-likeness (QED) is 0.622. The standard InChI is InChI=1S/C17H24N6O/c1-12-19-8-10-23(12)9-7-14(13-5-3-2-4-6-13)20-17(24)15-11-16(18)22-21-15/h2-6,8,10,14-16,21-22H,7,9,11,18H2,1H3,(H,20,24). The molecule has 3 atom stereocenters. The third-order valence-corrected chi connectivity index (χ3v) is 4.35. The number of rotatable bonds is 6. The molecule has 1 amide bonds. The second-order valence-electron chi connectivity index (χ2n) is 6.11. The molecule has 3 rings (SSSR count). The fraction of sp³-hybridized carbons (Fsp3) is 0.412. The first-order chi connectivity index (χ1) is 11.6. The zero-order chi connectivity index (χ0) is 16.9. The van der Waals surface area contributed by atoms with E-state index in [4.69, 9.17) is 5.73 Å². The SMILES string of the molecule is Cc1nccn1CCC(NC(=O)C1CC(N)NN1)c1ccccc1. The van der Waals surface area contributed by atoms with Gasteiger partial charge in [0.05, 0.1) is 12.2 Å². The van der Waals surface area contributed by atoms with Crippen LogP contribution in [-0.2, 0) is 11.3 Å². The van der Waals surface area contributed by atoms with Crippen LogP contribution >= 0.6 is 0 Å². The number of nitrogens with zero attached hydrogens (tertiary/aromatic N) is 2. The van der Waals surface area contributed by atoms with Crippen LogP contribution in [0.2, 0.25) is 0 Å². The van der Waals surface area contributed by atoms with Gasteiger partial charge in [-0.15, -0.1) is 0 Å². The van der Waals surface area contributed by atoms with E-state index in [1.54, 1.807) is 6.20 Å². The number of hydrazine groups is 1. The largest absolute Gasteiger partial charge is 0.348 e. The van der Waals surface area contributed by atoms with Crippen molar-refractivity contribution in [3.05, 3.63) is 54.1 Å². The Morgan fingerprint density at radius 3 is 2.83 bits per heavy atom. The molecule has 1 saturated heterocycles. The Hall–Kier alpha value is -2.22. The van der Waals surface area contributed by atoms with E-state index in [-0.39, 0.29) is 24.2 Å². The molecular weight excluding hydrogens is 304 g/mol. The summed E-state index contributed by atoms with van der Waals surface area (Å²) in [7, 11) is 0. The van der Waals surface area contributed by atoms with Gasteiger partial charge in [0.15, 0.2) is 0 Å². The van der Waals surface area contributed by atoms with E-state index < -0.39 is 0 Å². The summed E-state index contributed by atoms with van der Waals surface area (Å²) in [6, 6.07) is 9.67. The molecule has 0 spiro atoms. The van der Waals surface area contributed by atoms with Gasteiger partial charge < -0.3 is 15.6 Å². The van der Waals surface area contributed by atoms with Gasteiger partial charge in [-0.2, -0.15) is 0 Å². The van der Waals surface area contributed by atoms with Crippen molar-refractivity contribution in [2.45, 2.75) is 44.6 Å². The lowest BCUT2D eigenvalue weighted by Crippen LogP contribution is -2.45. The average Bonchev–Trinajstić information content (AvgIpc) is 3.20. The van der Waals surface area contributed by atoms with E-state index in [1.807, 2.05) is 43.5 Å². The Balaban J connectivity index is 1.68. The molecule has 1 aliphatic heterocycles. The van der Waals surface area contributed by atoms with Crippen LogP contribution in [0.25, 0.3) is 0 Å². The van der Waals surface area contributed by atoms with Gasteiger partial charge in [-0.05, 0) is 18.9 Å². The maximum Gasteiger partial charge on any atom is 0.239 e. The number of aromatic nitrogens is 2. The van der Waals surface area contributed by atoms with Gasteiger partial charge in [0.25, 0.3) is 0 Å². The molecular formula is C17H24N6O. The van der Waals surface area contributed by atoms with Gasteiger partial charge in [0, 0.05) is 25.4 Å². The third kappa shape index (κ3) is 4.00. The molecule has 0 saturated carbocycles. The summed E-state index contributed by atoms with van der Waals surface area (Å²) in [5.41, 5.74) is 12.7. The molecule has 0 bridgehead atoms. The Morgan fingerprint density at radius 1 is 1.42 bits per heavy atom. The predicted molar refractivity (Wildman–Crippen MR) is 91.6 cm³/mol. The second kappa shape index (κ2) is 7.57. The first kappa shape index (κ1) is 16.6. The summed E-state index contributed by atoms with van der Waals surface area (Å²) in [6.45, 7) is 2.77. The molecule has 128 valence electrons. The van der Waals surface area contributed by atoms with Crippen molar-refractivity contribution in [1.82, 2.24) is 25.7 Å². The minimum Gasteiger partial charge on any atom is -0.348 e. The molecule has 7 heteroatoms. The first-order valence-electron chi connectivity index (χ1n) is 8.23. The molecule has 5 N–H and O–H groups in total. The number of carbonyl (C=O) groups excluding carboxylic acids is 1. The lowest BCUT2D eigenvalue weighted by Gasteiger charge is -2.22. The molecule has 0 aliphatic carbocycles. The highest BCUT2D eigenvalue weighted by atomic mass is 16.2. The maximum atomic E-state index is 12.5. The van der Waals surface area contributed by atoms with Crippen molar-refractivity contribution >= 4 is 5.91 Å². The van der Waals surface area contributed by atoms with Crippen molar-refractivity contribution in [3.63, 3.8) is 0 Å². The summed E-state index contributed by atoms with van der Waals surface area (Å²) in [4.78, 5) is 16.8. The van der Waals surface area contributed by atoms with Crippen LogP contribution in [-0.4, -0.2) is 27.7 Å². The lowest BCUT2D eigenvalue weighted by atomic mass is 10.0. The molecule has 1 aliphatic rings. The molecule has 1 aromatic heterocycles. The van der Waals surface area contributed by atoms with E-state index in [0.717, 1.165) is 24.4 Å². The van der Waals surface area contributed by atoms with Crippen molar-refractivity contribution in [2.75, 3.05) is 0 Å². The zero-order valence-corrected chi connectivity index (χ0v) is 13.8. The Morgan fingerprint density at radius 2 is 2.21 bits per heavy atom. The van der Waals surface area contributed by atoms with Crippen LogP contribution in [0, 0.1) is 6.92 Å². The Bertz CT molecular complexity index is 671. The van der Waals surface area contributed by atoms with Gasteiger partial charge in [-0.25, -0.2) is 15.8 Å². The summed E-state index contributed by atoms with van der Waals surface area (Å²) in [5, 5.41) is 3.15. The van der Waals surface area contributed by atoms with Crippen molar-refractivity contribution in [2.24, 2.45) is 5.73 Å².